The molecule has 122 valence electrons. The zero-order valence-corrected chi connectivity index (χ0v) is 14.1. The third-order valence-corrected chi connectivity index (χ3v) is 6.18. The fourth-order valence-electron chi connectivity index (χ4n) is 5.17. The number of carbonyl (C=O) groups excluding carboxylic acids is 1. The molecular weight excluding hydrogens is 274 g/mol. The summed E-state index contributed by atoms with van der Waals surface area (Å²) >= 11 is 0. The van der Waals surface area contributed by atoms with Crippen LogP contribution in [0.3, 0.4) is 0 Å². The summed E-state index contributed by atoms with van der Waals surface area (Å²) in [6.45, 7) is 1.71. The van der Waals surface area contributed by atoms with E-state index in [9.17, 15) is 10.1 Å². The monoisotopic (exact) mass is 303 g/mol. The van der Waals surface area contributed by atoms with Gasteiger partial charge in [0.25, 0.3) is 0 Å². The molecule has 0 spiro atoms. The van der Waals surface area contributed by atoms with E-state index in [4.69, 9.17) is 0 Å². The summed E-state index contributed by atoms with van der Waals surface area (Å²) in [6, 6.07) is 2.84. The van der Waals surface area contributed by atoms with Gasteiger partial charge in [0.15, 0.2) is 0 Å². The van der Waals surface area contributed by atoms with Crippen molar-refractivity contribution in [1.29, 1.82) is 5.26 Å². The first-order valence-electron chi connectivity index (χ1n) is 8.90. The number of rotatable bonds is 2. The molecule has 0 aromatic heterocycles. The Balaban J connectivity index is 1.60. The van der Waals surface area contributed by atoms with Gasteiger partial charge in [-0.3, -0.25) is 0 Å². The highest BCUT2D eigenvalue weighted by Crippen LogP contribution is 2.53. The zero-order valence-electron chi connectivity index (χ0n) is 14.1. The topological polar surface area (TPSA) is 47.3 Å². The Bertz CT molecular complexity index is 447. The fraction of sp³-hybridized carbons (Fsp3) is 0.889. The van der Waals surface area contributed by atoms with Crippen molar-refractivity contribution in [3.63, 3.8) is 0 Å². The van der Waals surface area contributed by atoms with Crippen LogP contribution >= 0.6 is 0 Å². The predicted octanol–water partition coefficient (Wildman–Crippen LogP) is 3.49. The number of hydrogen-bond donors (Lipinski definition) is 0. The van der Waals surface area contributed by atoms with Gasteiger partial charge < -0.3 is 9.80 Å². The number of likely N-dealkylation sites (tertiary alicyclic amines) is 1. The van der Waals surface area contributed by atoms with Crippen molar-refractivity contribution < 1.29 is 4.79 Å². The van der Waals surface area contributed by atoms with Crippen molar-refractivity contribution in [2.45, 2.75) is 51.4 Å². The van der Waals surface area contributed by atoms with E-state index in [-0.39, 0.29) is 11.4 Å². The van der Waals surface area contributed by atoms with Crippen LogP contribution in [-0.2, 0) is 0 Å². The summed E-state index contributed by atoms with van der Waals surface area (Å²) in [5, 5.41) is 9.83. The lowest BCUT2D eigenvalue weighted by molar-refractivity contribution is 0.171. The highest BCUT2D eigenvalue weighted by Gasteiger charge is 2.50. The Morgan fingerprint density at radius 1 is 1.18 bits per heavy atom. The Kier molecular flexibility index (Phi) is 4.34. The highest BCUT2D eigenvalue weighted by atomic mass is 16.2. The van der Waals surface area contributed by atoms with Crippen LogP contribution in [0.4, 0.5) is 4.79 Å². The van der Waals surface area contributed by atoms with Crippen molar-refractivity contribution in [3.8, 4) is 6.07 Å². The van der Waals surface area contributed by atoms with Gasteiger partial charge in [0, 0.05) is 27.2 Å². The molecule has 0 unspecified atom stereocenters. The Morgan fingerprint density at radius 2 is 1.77 bits per heavy atom. The maximum Gasteiger partial charge on any atom is 0.319 e. The molecule has 2 amide bonds. The van der Waals surface area contributed by atoms with Crippen LogP contribution in [0.25, 0.3) is 0 Å². The minimum absolute atomic E-state index is 0.0927. The van der Waals surface area contributed by atoms with E-state index in [1.165, 1.54) is 32.1 Å². The van der Waals surface area contributed by atoms with Gasteiger partial charge in [-0.05, 0) is 37.0 Å². The molecule has 4 heteroatoms. The van der Waals surface area contributed by atoms with Crippen LogP contribution in [0.15, 0.2) is 0 Å². The molecule has 2 aliphatic carbocycles. The summed E-state index contributed by atoms with van der Waals surface area (Å²) in [5.74, 6) is 1.87. The first-order valence-corrected chi connectivity index (χ1v) is 8.90. The maximum absolute atomic E-state index is 12.1. The molecule has 0 bridgehead atoms. The quantitative estimate of drug-likeness (QED) is 0.784. The van der Waals surface area contributed by atoms with E-state index < -0.39 is 0 Å². The third-order valence-electron chi connectivity index (χ3n) is 6.18. The van der Waals surface area contributed by atoms with Crippen molar-refractivity contribution in [3.05, 3.63) is 0 Å². The van der Waals surface area contributed by atoms with Gasteiger partial charge in [-0.15, -0.1) is 0 Å². The standard InChI is InChI=1S/C18H29N3O/c1-20(2)17(22)21-11-15-9-18(13-19,10-16(15)12-21)8-14-6-4-3-5-7-14/h14-16H,3-12H2,1-2H3/t15-,16+,18-. The second-order valence-corrected chi connectivity index (χ2v) is 8.11. The van der Waals surface area contributed by atoms with Crippen molar-refractivity contribution >= 4 is 6.03 Å². The van der Waals surface area contributed by atoms with E-state index in [0.29, 0.717) is 11.8 Å². The second-order valence-electron chi connectivity index (χ2n) is 8.11. The zero-order chi connectivity index (χ0) is 15.7. The molecule has 4 nitrogen and oxygen atoms in total. The van der Waals surface area contributed by atoms with Gasteiger partial charge in [0.2, 0.25) is 0 Å². The second kappa shape index (κ2) is 6.10. The third kappa shape index (κ3) is 2.95. The lowest BCUT2D eigenvalue weighted by Gasteiger charge is -2.31. The molecular formula is C18H29N3O. The van der Waals surface area contributed by atoms with Gasteiger partial charge in [-0.1, -0.05) is 32.1 Å². The summed E-state index contributed by atoms with van der Waals surface area (Å²) in [4.78, 5) is 15.8. The van der Waals surface area contributed by atoms with Crippen LogP contribution in [0, 0.1) is 34.5 Å². The average Bonchev–Trinajstić information content (AvgIpc) is 3.03. The van der Waals surface area contributed by atoms with E-state index in [1.807, 2.05) is 19.0 Å². The fourth-order valence-corrected chi connectivity index (χ4v) is 5.17. The Hall–Kier alpha value is -1.24. The lowest BCUT2D eigenvalue weighted by atomic mass is 9.73. The van der Waals surface area contributed by atoms with Crippen LogP contribution in [0.2, 0.25) is 0 Å². The molecule has 1 heterocycles. The van der Waals surface area contributed by atoms with Gasteiger partial charge in [0.1, 0.15) is 0 Å². The molecule has 22 heavy (non-hydrogen) atoms. The molecule has 3 aliphatic rings. The summed E-state index contributed by atoms with van der Waals surface area (Å²) in [5.41, 5.74) is -0.0927. The summed E-state index contributed by atoms with van der Waals surface area (Å²) in [7, 11) is 3.64. The molecule has 1 aliphatic heterocycles. The van der Waals surface area contributed by atoms with E-state index >= 15 is 0 Å². The first-order chi connectivity index (χ1) is 10.5. The number of hydrogen-bond acceptors (Lipinski definition) is 2. The molecule has 1 saturated heterocycles. The van der Waals surface area contributed by atoms with Gasteiger partial charge >= 0.3 is 6.03 Å². The number of carbonyl (C=O) groups is 1. The smallest absolute Gasteiger partial charge is 0.319 e. The van der Waals surface area contributed by atoms with Crippen LogP contribution in [0.5, 0.6) is 0 Å². The van der Waals surface area contributed by atoms with E-state index in [0.717, 1.165) is 38.3 Å². The molecule has 2 saturated carbocycles. The number of nitriles is 1. The predicted molar refractivity (Wildman–Crippen MR) is 86.1 cm³/mol. The van der Waals surface area contributed by atoms with Crippen LogP contribution in [-0.4, -0.2) is 43.0 Å². The number of urea groups is 1. The van der Waals surface area contributed by atoms with Gasteiger partial charge in [-0.25, -0.2) is 4.79 Å². The molecule has 3 atom stereocenters. The average molecular weight is 303 g/mol. The molecule has 0 aromatic rings. The van der Waals surface area contributed by atoms with Crippen molar-refractivity contribution in [1.82, 2.24) is 9.80 Å². The Morgan fingerprint density at radius 3 is 2.27 bits per heavy atom. The summed E-state index contributed by atoms with van der Waals surface area (Å²) in [6.07, 6.45) is 9.87. The molecule has 3 rings (SSSR count). The first kappa shape index (κ1) is 15.6. The molecule has 0 aromatic carbocycles. The minimum atomic E-state index is -0.0927. The van der Waals surface area contributed by atoms with Crippen LogP contribution < -0.4 is 0 Å². The normalized spacial score (nSPS) is 35.2. The van der Waals surface area contributed by atoms with Gasteiger partial charge in [-0.2, -0.15) is 5.26 Å². The maximum atomic E-state index is 12.1. The lowest BCUT2D eigenvalue weighted by Crippen LogP contribution is -2.38. The highest BCUT2D eigenvalue weighted by molar-refractivity contribution is 5.74. The molecule has 3 fully saturated rings. The van der Waals surface area contributed by atoms with E-state index in [1.54, 1.807) is 4.90 Å². The van der Waals surface area contributed by atoms with Gasteiger partial charge in [0.05, 0.1) is 11.5 Å². The van der Waals surface area contributed by atoms with Crippen LogP contribution in [0.1, 0.15) is 51.4 Å². The molecule has 0 radical (unpaired) electrons. The Labute approximate surface area is 134 Å². The minimum Gasteiger partial charge on any atom is -0.331 e. The summed E-state index contributed by atoms with van der Waals surface area (Å²) < 4.78 is 0. The largest absolute Gasteiger partial charge is 0.331 e. The van der Waals surface area contributed by atoms with E-state index in [2.05, 4.69) is 6.07 Å². The number of amides is 2. The van der Waals surface area contributed by atoms with Crippen molar-refractivity contribution in [2.75, 3.05) is 27.2 Å². The SMILES string of the molecule is CN(C)C(=O)N1C[C@@H]2C[C@@](C#N)(CC3CCCCC3)C[C@@H]2C1. The number of fused-ring (bicyclic) bond motifs is 1. The molecule has 0 N–H and O–H groups in total. The number of nitrogens with zero attached hydrogens (tertiary/aromatic N) is 3. The van der Waals surface area contributed by atoms with Crippen molar-refractivity contribution in [2.24, 2.45) is 23.2 Å².